The lowest BCUT2D eigenvalue weighted by atomic mass is 10.0. The number of rotatable bonds is 20. The van der Waals surface area contributed by atoms with Gasteiger partial charge in [-0.15, -0.1) is 0 Å². The van der Waals surface area contributed by atoms with E-state index in [-0.39, 0.29) is 29.6 Å². The van der Waals surface area contributed by atoms with Crippen LogP contribution in [0.3, 0.4) is 0 Å². The molecule has 0 aliphatic carbocycles. The van der Waals surface area contributed by atoms with Crippen LogP contribution in [0.4, 0.5) is 0 Å². The molecular formula is C29H48N2O7S4. The fourth-order valence-electron chi connectivity index (χ4n) is 5.11. The Morgan fingerprint density at radius 2 is 1.26 bits per heavy atom. The second-order valence-electron chi connectivity index (χ2n) is 11.6. The van der Waals surface area contributed by atoms with Crippen LogP contribution in [0.2, 0.25) is 0 Å². The molecule has 2 aliphatic heterocycles. The molecule has 5 unspecified atom stereocenters. The maximum absolute atomic E-state index is 12.9. The monoisotopic (exact) mass is 664 g/mol. The highest BCUT2D eigenvalue weighted by atomic mass is 33.1. The van der Waals surface area contributed by atoms with Gasteiger partial charge in [-0.3, -0.25) is 14.4 Å². The molecule has 2 saturated heterocycles. The number of aliphatic carboxylic acids is 2. The first-order valence-corrected chi connectivity index (χ1v) is 19.9. The summed E-state index contributed by atoms with van der Waals surface area (Å²) in [6.07, 6.45) is 6.86. The number of nitrogens with zero attached hydrogens (tertiary/aromatic N) is 2. The first-order chi connectivity index (χ1) is 19.9. The van der Waals surface area contributed by atoms with Crippen molar-refractivity contribution in [2.45, 2.75) is 103 Å². The highest BCUT2D eigenvalue weighted by Gasteiger charge is 2.37. The minimum Gasteiger partial charge on any atom is -0.480 e. The Labute approximate surface area is 266 Å². The van der Waals surface area contributed by atoms with E-state index in [4.69, 9.17) is 0 Å². The molecule has 2 rings (SSSR count). The van der Waals surface area contributed by atoms with Gasteiger partial charge in [0.15, 0.2) is 0 Å². The van der Waals surface area contributed by atoms with E-state index in [9.17, 15) is 34.2 Å². The molecule has 9 nitrogen and oxygen atoms in total. The van der Waals surface area contributed by atoms with E-state index in [1.807, 2.05) is 27.7 Å². The van der Waals surface area contributed by atoms with Crippen molar-refractivity contribution in [2.75, 3.05) is 30.3 Å². The molecule has 0 aromatic rings. The van der Waals surface area contributed by atoms with Crippen LogP contribution in [0.15, 0.2) is 0 Å². The highest BCUT2D eigenvalue weighted by Crippen LogP contribution is 2.36. The van der Waals surface area contributed by atoms with Gasteiger partial charge in [0.2, 0.25) is 11.8 Å². The van der Waals surface area contributed by atoms with Gasteiger partial charge >= 0.3 is 11.9 Å². The summed E-state index contributed by atoms with van der Waals surface area (Å²) in [6, 6.07) is -1.41. The molecule has 2 N–H and O–H groups in total. The van der Waals surface area contributed by atoms with Crippen molar-refractivity contribution in [3.63, 3.8) is 0 Å². The minimum absolute atomic E-state index is 0.0595. The van der Waals surface area contributed by atoms with Crippen molar-refractivity contribution in [2.24, 2.45) is 17.8 Å². The van der Waals surface area contributed by atoms with Gasteiger partial charge in [0.1, 0.15) is 17.9 Å². The molecule has 0 aromatic heterocycles. The third-order valence-electron chi connectivity index (χ3n) is 7.77. The SMILES string of the molecule is CC(C)C(=O)CCCCC(CCSSCC(C)C(=O)N1CCCC1C(=O)O)SSCC(C)C(=O)N1CCCC1C(=O)O. The molecule has 2 aliphatic rings. The summed E-state index contributed by atoms with van der Waals surface area (Å²) in [5.41, 5.74) is 0. The van der Waals surface area contributed by atoms with Crippen LogP contribution in [-0.2, 0) is 24.0 Å². The van der Waals surface area contributed by atoms with E-state index in [0.29, 0.717) is 54.9 Å². The summed E-state index contributed by atoms with van der Waals surface area (Å²) in [5, 5.41) is 19.2. The number of unbranched alkanes of at least 4 members (excludes halogenated alkanes) is 1. The highest BCUT2D eigenvalue weighted by molar-refractivity contribution is 8.77. The van der Waals surface area contributed by atoms with E-state index < -0.39 is 24.0 Å². The zero-order valence-electron chi connectivity index (χ0n) is 25.3. The van der Waals surface area contributed by atoms with Crippen molar-refractivity contribution in [3.05, 3.63) is 0 Å². The Balaban J connectivity index is 1.78. The van der Waals surface area contributed by atoms with E-state index >= 15 is 0 Å². The number of carbonyl (C=O) groups is 5. The zero-order chi connectivity index (χ0) is 31.2. The number of ketones is 1. The van der Waals surface area contributed by atoms with Crippen LogP contribution >= 0.6 is 43.2 Å². The Kier molecular flexibility index (Phi) is 17.1. The van der Waals surface area contributed by atoms with Crippen molar-refractivity contribution >= 4 is 72.7 Å². The standard InChI is InChI=1S/C29H48N2O7S4/c1-19(2)25(32)12-6-5-9-22(42-41-18-21(4)27(34)31-15-8-11-24(31)29(37)38)13-16-39-40-17-20(3)26(33)30-14-7-10-23(30)28(35)36/h19-24H,5-18H2,1-4H3,(H,35,36)(H,37,38). The fraction of sp³-hybridized carbons (Fsp3) is 0.828. The summed E-state index contributed by atoms with van der Waals surface area (Å²) < 4.78 is 0. The van der Waals surface area contributed by atoms with E-state index in [0.717, 1.165) is 44.3 Å². The van der Waals surface area contributed by atoms with Crippen LogP contribution in [-0.4, -0.2) is 97.2 Å². The van der Waals surface area contributed by atoms with Crippen LogP contribution in [0, 0.1) is 17.8 Å². The van der Waals surface area contributed by atoms with Gasteiger partial charge in [0.25, 0.3) is 0 Å². The Hall–Kier alpha value is -1.05. The fourth-order valence-corrected chi connectivity index (χ4v) is 10.8. The lowest BCUT2D eigenvalue weighted by Gasteiger charge is -2.25. The van der Waals surface area contributed by atoms with Gasteiger partial charge in [-0.2, -0.15) is 0 Å². The van der Waals surface area contributed by atoms with Crippen LogP contribution in [0.25, 0.3) is 0 Å². The number of likely N-dealkylation sites (tertiary alicyclic amines) is 2. The summed E-state index contributed by atoms with van der Waals surface area (Å²) in [5.74, 6) is -0.0240. The average Bonchev–Trinajstić information content (AvgIpc) is 3.64. The summed E-state index contributed by atoms with van der Waals surface area (Å²) >= 11 is 0. The van der Waals surface area contributed by atoms with Crippen molar-refractivity contribution in [1.29, 1.82) is 0 Å². The molecular weight excluding hydrogens is 617 g/mol. The lowest BCUT2D eigenvalue weighted by molar-refractivity contribution is -0.149. The number of carbonyl (C=O) groups excluding carboxylic acids is 3. The lowest BCUT2D eigenvalue weighted by Crippen LogP contribution is -2.43. The molecule has 2 amide bonds. The van der Waals surface area contributed by atoms with E-state index in [1.165, 1.54) is 9.80 Å². The number of Topliss-reactive ketones (excluding diaryl/α,β-unsaturated/α-hetero) is 1. The van der Waals surface area contributed by atoms with E-state index in [2.05, 4.69) is 0 Å². The number of carboxylic acids is 2. The minimum atomic E-state index is -0.930. The largest absolute Gasteiger partial charge is 0.480 e. The molecule has 5 atom stereocenters. The zero-order valence-corrected chi connectivity index (χ0v) is 28.6. The van der Waals surface area contributed by atoms with Gasteiger partial charge in [-0.1, -0.05) is 77.3 Å². The smallest absolute Gasteiger partial charge is 0.326 e. The van der Waals surface area contributed by atoms with Gasteiger partial charge in [-0.25, -0.2) is 9.59 Å². The summed E-state index contributed by atoms with van der Waals surface area (Å²) in [4.78, 5) is 63.7. The van der Waals surface area contributed by atoms with Gasteiger partial charge in [-0.05, 0) is 44.9 Å². The summed E-state index contributed by atoms with van der Waals surface area (Å²) in [6.45, 7) is 8.62. The summed E-state index contributed by atoms with van der Waals surface area (Å²) in [7, 11) is 6.82. The molecule has 0 spiro atoms. The molecule has 2 heterocycles. The topological polar surface area (TPSA) is 132 Å². The Morgan fingerprint density at radius 1 is 0.738 bits per heavy atom. The second kappa shape index (κ2) is 19.4. The first kappa shape index (κ1) is 37.1. The molecule has 42 heavy (non-hydrogen) atoms. The van der Waals surface area contributed by atoms with Crippen molar-refractivity contribution in [1.82, 2.24) is 9.80 Å². The average molecular weight is 665 g/mol. The first-order valence-electron chi connectivity index (χ1n) is 15.1. The third-order valence-corrected chi connectivity index (χ3v) is 13.5. The van der Waals surface area contributed by atoms with E-state index in [1.54, 1.807) is 43.2 Å². The number of amides is 2. The van der Waals surface area contributed by atoms with Crippen LogP contribution < -0.4 is 0 Å². The molecule has 2 fully saturated rings. The van der Waals surface area contributed by atoms with Crippen LogP contribution in [0.1, 0.15) is 85.5 Å². The normalized spacial score (nSPS) is 21.0. The third kappa shape index (κ3) is 12.1. The van der Waals surface area contributed by atoms with Gasteiger partial charge in [0.05, 0.1) is 0 Å². The Bertz CT molecular complexity index is 922. The quantitative estimate of drug-likeness (QED) is 0.122. The van der Waals surface area contributed by atoms with Crippen molar-refractivity contribution in [3.8, 4) is 0 Å². The predicted octanol–water partition coefficient (Wildman–Crippen LogP) is 5.72. The second-order valence-corrected chi connectivity index (χ2v) is 17.0. The molecule has 0 saturated carbocycles. The molecule has 13 heteroatoms. The maximum Gasteiger partial charge on any atom is 0.326 e. The molecule has 0 bridgehead atoms. The number of hydrogen-bond donors (Lipinski definition) is 2. The van der Waals surface area contributed by atoms with Crippen LogP contribution in [0.5, 0.6) is 0 Å². The van der Waals surface area contributed by atoms with Crippen molar-refractivity contribution < 1.29 is 34.2 Å². The number of carboxylic acid groups (broad SMARTS) is 2. The number of hydrogen-bond acceptors (Lipinski definition) is 9. The molecule has 240 valence electrons. The van der Waals surface area contributed by atoms with Gasteiger partial charge < -0.3 is 20.0 Å². The Morgan fingerprint density at radius 3 is 1.76 bits per heavy atom. The molecule has 0 aromatic carbocycles. The van der Waals surface area contributed by atoms with Gasteiger partial charge in [0, 0.05) is 59.8 Å². The molecule has 0 radical (unpaired) electrons. The predicted molar refractivity (Wildman–Crippen MR) is 175 cm³/mol. The maximum atomic E-state index is 12.9.